The highest BCUT2D eigenvalue weighted by Crippen LogP contribution is 2.36. The average Bonchev–Trinajstić information content (AvgIpc) is 3.34. The molecule has 3 rings (SSSR count). The van der Waals surface area contributed by atoms with Gasteiger partial charge in [0, 0.05) is 35.2 Å². The Hall–Kier alpha value is -1.73. The molecular weight excluding hydrogens is 366 g/mol. The summed E-state index contributed by atoms with van der Waals surface area (Å²) in [7, 11) is 0. The molecule has 0 spiro atoms. The zero-order valence-corrected chi connectivity index (χ0v) is 17.1. The Kier molecular flexibility index (Phi) is 6.09. The van der Waals surface area contributed by atoms with Gasteiger partial charge in [0.05, 0.1) is 22.1 Å². The van der Waals surface area contributed by atoms with E-state index in [2.05, 4.69) is 10.3 Å². The lowest BCUT2D eigenvalue weighted by Crippen LogP contribution is -2.33. The van der Waals surface area contributed by atoms with Gasteiger partial charge in [-0.05, 0) is 31.9 Å². The standard InChI is InChI=1S/C19H25N3O2S2/c1-12(2)19(24)22-10-4-5-14(22)16-6-7-17(26-16)18(23)20-9-8-15-13(3)21-11-25-15/h6-7,11-12,14H,4-5,8-10H2,1-3H3,(H,20,23). The Morgan fingerprint density at radius 3 is 2.88 bits per heavy atom. The summed E-state index contributed by atoms with van der Waals surface area (Å²) < 4.78 is 0. The third-order valence-corrected chi connectivity index (χ3v) is 6.87. The van der Waals surface area contributed by atoms with E-state index in [1.807, 2.05) is 43.3 Å². The first-order valence-corrected chi connectivity index (χ1v) is 10.7. The van der Waals surface area contributed by atoms with Crippen LogP contribution < -0.4 is 5.32 Å². The second-order valence-electron chi connectivity index (χ2n) is 6.91. The smallest absolute Gasteiger partial charge is 0.261 e. The number of carbonyl (C=O) groups is 2. The second-order valence-corrected chi connectivity index (χ2v) is 8.97. The van der Waals surface area contributed by atoms with Crippen LogP contribution in [0.5, 0.6) is 0 Å². The predicted octanol–water partition coefficient (Wildman–Crippen LogP) is 3.81. The predicted molar refractivity (Wildman–Crippen MR) is 106 cm³/mol. The quantitative estimate of drug-likeness (QED) is 0.815. The van der Waals surface area contributed by atoms with Gasteiger partial charge in [0.25, 0.3) is 5.91 Å². The van der Waals surface area contributed by atoms with E-state index in [0.29, 0.717) is 11.4 Å². The number of likely N-dealkylation sites (tertiary alicyclic amines) is 1. The second kappa shape index (κ2) is 8.31. The first kappa shape index (κ1) is 19.0. The van der Waals surface area contributed by atoms with E-state index < -0.39 is 0 Å². The van der Waals surface area contributed by atoms with E-state index in [9.17, 15) is 9.59 Å². The molecule has 7 heteroatoms. The van der Waals surface area contributed by atoms with Crippen molar-refractivity contribution in [3.05, 3.63) is 38.0 Å². The summed E-state index contributed by atoms with van der Waals surface area (Å²) in [6.45, 7) is 7.29. The molecule has 1 N–H and O–H groups in total. The number of carbonyl (C=O) groups excluding carboxylic acids is 2. The Morgan fingerprint density at radius 2 is 2.19 bits per heavy atom. The highest BCUT2D eigenvalue weighted by Gasteiger charge is 2.32. The maximum absolute atomic E-state index is 12.4. The van der Waals surface area contributed by atoms with Gasteiger partial charge in [-0.2, -0.15) is 0 Å². The fourth-order valence-electron chi connectivity index (χ4n) is 3.25. The molecule has 26 heavy (non-hydrogen) atoms. The largest absolute Gasteiger partial charge is 0.351 e. The topological polar surface area (TPSA) is 62.3 Å². The lowest BCUT2D eigenvalue weighted by Gasteiger charge is -2.25. The lowest BCUT2D eigenvalue weighted by molar-refractivity contribution is -0.135. The van der Waals surface area contributed by atoms with Crippen molar-refractivity contribution in [1.82, 2.24) is 15.2 Å². The Morgan fingerprint density at radius 1 is 1.38 bits per heavy atom. The van der Waals surface area contributed by atoms with Crippen LogP contribution in [0.15, 0.2) is 17.6 Å². The highest BCUT2D eigenvalue weighted by molar-refractivity contribution is 7.14. The maximum Gasteiger partial charge on any atom is 0.261 e. The van der Waals surface area contributed by atoms with E-state index in [1.54, 1.807) is 11.3 Å². The van der Waals surface area contributed by atoms with Crippen LogP contribution in [-0.4, -0.2) is 34.8 Å². The van der Waals surface area contributed by atoms with E-state index in [1.165, 1.54) is 16.2 Å². The summed E-state index contributed by atoms with van der Waals surface area (Å²) in [5, 5.41) is 2.99. The summed E-state index contributed by atoms with van der Waals surface area (Å²) in [6.07, 6.45) is 2.81. The van der Waals surface area contributed by atoms with E-state index in [-0.39, 0.29) is 23.8 Å². The van der Waals surface area contributed by atoms with Gasteiger partial charge in [-0.15, -0.1) is 22.7 Å². The van der Waals surface area contributed by atoms with Gasteiger partial charge in [-0.1, -0.05) is 13.8 Å². The van der Waals surface area contributed by atoms with Crippen LogP contribution in [0.1, 0.15) is 57.9 Å². The van der Waals surface area contributed by atoms with Crippen molar-refractivity contribution in [2.24, 2.45) is 5.92 Å². The molecule has 0 bridgehead atoms. The van der Waals surface area contributed by atoms with Gasteiger partial charge >= 0.3 is 0 Å². The van der Waals surface area contributed by atoms with Crippen molar-refractivity contribution in [3.63, 3.8) is 0 Å². The molecule has 0 saturated carbocycles. The maximum atomic E-state index is 12.4. The minimum Gasteiger partial charge on any atom is -0.351 e. The molecule has 2 aromatic heterocycles. The van der Waals surface area contributed by atoms with E-state index in [4.69, 9.17) is 0 Å². The molecule has 2 amide bonds. The molecule has 140 valence electrons. The molecule has 5 nitrogen and oxygen atoms in total. The summed E-state index contributed by atoms with van der Waals surface area (Å²) >= 11 is 3.13. The monoisotopic (exact) mass is 391 g/mol. The number of thiazole rings is 1. The van der Waals surface area contributed by atoms with Crippen molar-refractivity contribution in [2.45, 2.75) is 46.1 Å². The number of nitrogens with zero attached hydrogens (tertiary/aromatic N) is 2. The number of nitrogens with one attached hydrogen (secondary N) is 1. The molecule has 0 radical (unpaired) electrons. The molecule has 1 aliphatic rings. The van der Waals surface area contributed by atoms with Crippen molar-refractivity contribution in [2.75, 3.05) is 13.1 Å². The number of hydrogen-bond donors (Lipinski definition) is 1. The van der Waals surface area contributed by atoms with Crippen LogP contribution in [0.4, 0.5) is 0 Å². The van der Waals surface area contributed by atoms with Crippen LogP contribution >= 0.6 is 22.7 Å². The minimum absolute atomic E-state index is 0.00790. The molecule has 1 unspecified atom stereocenters. The van der Waals surface area contributed by atoms with Crippen LogP contribution in [0.2, 0.25) is 0 Å². The number of aromatic nitrogens is 1. The van der Waals surface area contributed by atoms with Gasteiger partial charge in [0.1, 0.15) is 0 Å². The van der Waals surface area contributed by atoms with Crippen molar-refractivity contribution in [3.8, 4) is 0 Å². The average molecular weight is 392 g/mol. The molecule has 0 aliphatic carbocycles. The number of amides is 2. The number of rotatable bonds is 6. The summed E-state index contributed by atoms with van der Waals surface area (Å²) in [6, 6.07) is 4.00. The Bertz CT molecular complexity index is 781. The van der Waals surface area contributed by atoms with Crippen LogP contribution in [0.25, 0.3) is 0 Å². The number of aryl methyl sites for hydroxylation is 1. The zero-order chi connectivity index (χ0) is 18.7. The van der Waals surface area contributed by atoms with Crippen molar-refractivity contribution in [1.29, 1.82) is 0 Å². The van der Waals surface area contributed by atoms with Gasteiger partial charge in [-0.25, -0.2) is 4.98 Å². The highest BCUT2D eigenvalue weighted by atomic mass is 32.1. The first-order chi connectivity index (χ1) is 12.5. The number of thiophene rings is 1. The summed E-state index contributed by atoms with van der Waals surface area (Å²) in [4.78, 5) is 34.1. The molecule has 3 heterocycles. The third-order valence-electron chi connectivity index (χ3n) is 4.69. The van der Waals surface area contributed by atoms with Crippen LogP contribution in [0.3, 0.4) is 0 Å². The molecule has 2 aromatic rings. The van der Waals surface area contributed by atoms with Crippen LogP contribution in [0, 0.1) is 12.8 Å². The third kappa shape index (κ3) is 4.15. The molecule has 1 fully saturated rings. The van der Waals surface area contributed by atoms with E-state index in [0.717, 1.165) is 36.4 Å². The fourth-order valence-corrected chi connectivity index (χ4v) is 5.11. The summed E-state index contributed by atoms with van der Waals surface area (Å²) in [5.41, 5.74) is 2.88. The van der Waals surface area contributed by atoms with E-state index >= 15 is 0 Å². The molecular formula is C19H25N3O2S2. The van der Waals surface area contributed by atoms with Crippen molar-refractivity contribution >= 4 is 34.5 Å². The molecule has 1 atom stereocenters. The Labute approximate surface area is 162 Å². The normalized spacial score (nSPS) is 17.1. The molecule has 0 aromatic carbocycles. The SMILES string of the molecule is Cc1ncsc1CCNC(=O)c1ccc(C2CCCN2C(=O)C(C)C)s1. The van der Waals surface area contributed by atoms with Gasteiger partial charge in [0.2, 0.25) is 5.91 Å². The Balaban J connectivity index is 1.59. The first-order valence-electron chi connectivity index (χ1n) is 9.04. The minimum atomic E-state index is -0.0387. The van der Waals surface area contributed by atoms with Gasteiger partial charge < -0.3 is 10.2 Å². The number of hydrogen-bond acceptors (Lipinski definition) is 5. The molecule has 1 saturated heterocycles. The van der Waals surface area contributed by atoms with Crippen molar-refractivity contribution < 1.29 is 9.59 Å². The van der Waals surface area contributed by atoms with Crippen LogP contribution in [-0.2, 0) is 11.2 Å². The van der Waals surface area contributed by atoms with Gasteiger partial charge in [-0.3, -0.25) is 9.59 Å². The molecule has 1 aliphatic heterocycles. The zero-order valence-electron chi connectivity index (χ0n) is 15.4. The fraction of sp³-hybridized carbons (Fsp3) is 0.526. The lowest BCUT2D eigenvalue weighted by atomic mass is 10.1. The van der Waals surface area contributed by atoms with Gasteiger partial charge in [0.15, 0.2) is 0 Å². The summed E-state index contributed by atoms with van der Waals surface area (Å²) in [5.74, 6) is 0.170.